The fourth-order valence-corrected chi connectivity index (χ4v) is 3.25. The molecule has 3 nitrogen and oxygen atoms in total. The highest BCUT2D eigenvalue weighted by Gasteiger charge is 2.25. The molecule has 0 saturated carbocycles. The van der Waals surface area contributed by atoms with Gasteiger partial charge in [0.2, 0.25) is 0 Å². The Kier molecular flexibility index (Phi) is 4.35. The second-order valence-electron chi connectivity index (χ2n) is 4.51. The molecule has 1 unspecified atom stereocenters. The summed E-state index contributed by atoms with van der Waals surface area (Å²) < 4.78 is 0. The Bertz CT molecular complexity index is 291. The summed E-state index contributed by atoms with van der Waals surface area (Å²) in [6.45, 7) is 4.10. The first-order valence-corrected chi connectivity index (χ1v) is 6.90. The van der Waals surface area contributed by atoms with Crippen LogP contribution in [0.15, 0.2) is 17.5 Å². The van der Waals surface area contributed by atoms with Crippen LogP contribution in [0.25, 0.3) is 0 Å². The highest BCUT2D eigenvalue weighted by atomic mass is 32.1. The molecule has 1 atom stereocenters. The number of hydrogen-bond donors (Lipinski definition) is 2. The van der Waals surface area contributed by atoms with Gasteiger partial charge in [-0.15, -0.1) is 11.3 Å². The monoisotopic (exact) mass is 239 g/mol. The van der Waals surface area contributed by atoms with Crippen LogP contribution in [0.4, 0.5) is 0 Å². The largest absolute Gasteiger partial charge is 0.329 e. The van der Waals surface area contributed by atoms with E-state index >= 15 is 0 Å². The minimum Gasteiger partial charge on any atom is -0.329 e. The van der Waals surface area contributed by atoms with Crippen LogP contribution in [0, 0.1) is 5.92 Å². The van der Waals surface area contributed by atoms with E-state index < -0.39 is 0 Å². The molecule has 4 N–H and O–H groups in total. The Morgan fingerprint density at radius 3 is 2.75 bits per heavy atom. The maximum atomic E-state index is 6.30. The van der Waals surface area contributed by atoms with E-state index in [0.717, 1.165) is 26.2 Å². The van der Waals surface area contributed by atoms with Gasteiger partial charge in [0.05, 0.1) is 0 Å². The molecule has 0 aliphatic carbocycles. The van der Waals surface area contributed by atoms with Gasteiger partial charge in [0.1, 0.15) is 0 Å². The maximum Gasteiger partial charge on any atom is 0.0419 e. The van der Waals surface area contributed by atoms with Gasteiger partial charge >= 0.3 is 0 Å². The smallest absolute Gasteiger partial charge is 0.0419 e. The molecule has 0 bridgehead atoms. The van der Waals surface area contributed by atoms with Crippen molar-refractivity contribution in [2.24, 2.45) is 17.4 Å². The summed E-state index contributed by atoms with van der Waals surface area (Å²) in [5, 5.41) is 2.11. The number of nitrogens with zero attached hydrogens (tertiary/aromatic N) is 1. The van der Waals surface area contributed by atoms with Crippen molar-refractivity contribution in [2.75, 3.05) is 26.2 Å². The molecule has 0 aromatic carbocycles. The molecule has 2 heterocycles. The van der Waals surface area contributed by atoms with Gasteiger partial charge in [0, 0.05) is 24.0 Å². The third-order valence-electron chi connectivity index (χ3n) is 3.46. The summed E-state index contributed by atoms with van der Waals surface area (Å²) in [4.78, 5) is 3.77. The average molecular weight is 239 g/mol. The second kappa shape index (κ2) is 5.77. The zero-order valence-corrected chi connectivity index (χ0v) is 10.5. The summed E-state index contributed by atoms with van der Waals surface area (Å²) >= 11 is 1.78. The molecule has 1 aliphatic heterocycles. The highest BCUT2D eigenvalue weighted by molar-refractivity contribution is 7.10. The summed E-state index contributed by atoms with van der Waals surface area (Å²) in [6.07, 6.45) is 2.41. The van der Waals surface area contributed by atoms with Gasteiger partial charge in [0.25, 0.3) is 0 Å². The Balaban J connectivity index is 1.84. The Labute approximate surface area is 101 Å². The normalized spacial score (nSPS) is 21.1. The lowest BCUT2D eigenvalue weighted by atomic mass is 9.89. The Morgan fingerprint density at radius 2 is 2.19 bits per heavy atom. The highest BCUT2D eigenvalue weighted by Crippen LogP contribution is 2.30. The van der Waals surface area contributed by atoms with Crippen LogP contribution in [0.1, 0.15) is 23.8 Å². The van der Waals surface area contributed by atoms with Gasteiger partial charge in [-0.25, -0.2) is 0 Å². The molecular weight excluding hydrogens is 218 g/mol. The van der Waals surface area contributed by atoms with Gasteiger partial charge in [-0.3, -0.25) is 0 Å². The summed E-state index contributed by atoms with van der Waals surface area (Å²) in [6, 6.07) is 4.48. The van der Waals surface area contributed by atoms with Crippen LogP contribution < -0.4 is 11.5 Å². The summed E-state index contributed by atoms with van der Waals surface area (Å²) in [5.74, 6) is 0.646. The molecular formula is C12H21N3S. The minimum atomic E-state index is 0.236. The summed E-state index contributed by atoms with van der Waals surface area (Å²) in [7, 11) is 0. The first-order chi connectivity index (χ1) is 7.81. The predicted octanol–water partition coefficient (Wildman–Crippen LogP) is 1.42. The number of thiophene rings is 1. The van der Waals surface area contributed by atoms with E-state index in [0.29, 0.717) is 5.92 Å². The number of rotatable bonds is 4. The van der Waals surface area contributed by atoms with Gasteiger partial charge in [-0.1, -0.05) is 6.07 Å². The van der Waals surface area contributed by atoms with Crippen molar-refractivity contribution in [3.8, 4) is 0 Å². The second-order valence-corrected chi connectivity index (χ2v) is 5.49. The minimum absolute atomic E-state index is 0.236. The van der Waals surface area contributed by atoms with E-state index in [1.54, 1.807) is 11.3 Å². The molecule has 1 aliphatic rings. The third-order valence-corrected chi connectivity index (χ3v) is 4.43. The average Bonchev–Trinajstić information content (AvgIpc) is 2.83. The lowest BCUT2D eigenvalue weighted by Gasteiger charge is -2.34. The molecule has 0 radical (unpaired) electrons. The van der Waals surface area contributed by atoms with Gasteiger partial charge in [-0.2, -0.15) is 0 Å². The molecule has 0 spiro atoms. The number of piperidine rings is 1. The van der Waals surface area contributed by atoms with Crippen molar-refractivity contribution in [2.45, 2.75) is 18.9 Å². The van der Waals surface area contributed by atoms with E-state index in [-0.39, 0.29) is 6.04 Å². The fourth-order valence-electron chi connectivity index (χ4n) is 2.43. The standard InChI is InChI=1S/C12H21N3S/c13-5-8-15-6-3-10(4-7-15)12(14)11-2-1-9-16-11/h1-2,9-10,12H,3-8,13-14H2. The van der Waals surface area contributed by atoms with Crippen molar-refractivity contribution < 1.29 is 0 Å². The summed E-state index contributed by atoms with van der Waals surface area (Å²) in [5.41, 5.74) is 11.9. The Morgan fingerprint density at radius 1 is 1.44 bits per heavy atom. The number of nitrogens with two attached hydrogens (primary N) is 2. The molecule has 90 valence electrons. The SMILES string of the molecule is NCCN1CCC(C(N)c2cccs2)CC1. The van der Waals surface area contributed by atoms with E-state index in [2.05, 4.69) is 22.4 Å². The Hall–Kier alpha value is -0.420. The molecule has 1 aromatic rings. The fraction of sp³-hybridized carbons (Fsp3) is 0.667. The van der Waals surface area contributed by atoms with Crippen molar-refractivity contribution in [3.63, 3.8) is 0 Å². The lowest BCUT2D eigenvalue weighted by Crippen LogP contribution is -2.39. The topological polar surface area (TPSA) is 55.3 Å². The lowest BCUT2D eigenvalue weighted by molar-refractivity contribution is 0.173. The zero-order chi connectivity index (χ0) is 11.4. The maximum absolute atomic E-state index is 6.30. The third kappa shape index (κ3) is 2.83. The van der Waals surface area contributed by atoms with Gasteiger partial charge < -0.3 is 16.4 Å². The van der Waals surface area contributed by atoms with Crippen molar-refractivity contribution in [3.05, 3.63) is 22.4 Å². The molecule has 16 heavy (non-hydrogen) atoms. The van der Waals surface area contributed by atoms with Crippen LogP contribution in [0.2, 0.25) is 0 Å². The molecule has 2 rings (SSSR count). The number of hydrogen-bond acceptors (Lipinski definition) is 4. The molecule has 1 fully saturated rings. The number of likely N-dealkylation sites (tertiary alicyclic amines) is 1. The first-order valence-electron chi connectivity index (χ1n) is 6.02. The van der Waals surface area contributed by atoms with Crippen molar-refractivity contribution in [1.29, 1.82) is 0 Å². The van der Waals surface area contributed by atoms with Crippen LogP contribution in [0.5, 0.6) is 0 Å². The molecule has 1 saturated heterocycles. The predicted molar refractivity (Wildman–Crippen MR) is 69.5 cm³/mol. The van der Waals surface area contributed by atoms with E-state index in [1.807, 2.05) is 0 Å². The first kappa shape index (κ1) is 12.0. The van der Waals surface area contributed by atoms with E-state index in [1.165, 1.54) is 17.7 Å². The van der Waals surface area contributed by atoms with Crippen LogP contribution >= 0.6 is 11.3 Å². The van der Waals surface area contributed by atoms with E-state index in [4.69, 9.17) is 11.5 Å². The zero-order valence-electron chi connectivity index (χ0n) is 9.64. The molecule has 0 amide bonds. The van der Waals surface area contributed by atoms with Gasteiger partial charge in [0.15, 0.2) is 0 Å². The van der Waals surface area contributed by atoms with Crippen LogP contribution in [-0.4, -0.2) is 31.1 Å². The molecule has 4 heteroatoms. The van der Waals surface area contributed by atoms with Crippen LogP contribution in [0.3, 0.4) is 0 Å². The van der Waals surface area contributed by atoms with Crippen molar-refractivity contribution >= 4 is 11.3 Å². The van der Waals surface area contributed by atoms with Gasteiger partial charge in [-0.05, 0) is 43.3 Å². The molecule has 1 aromatic heterocycles. The van der Waals surface area contributed by atoms with E-state index in [9.17, 15) is 0 Å². The van der Waals surface area contributed by atoms with Crippen LogP contribution in [-0.2, 0) is 0 Å². The quantitative estimate of drug-likeness (QED) is 0.835. The van der Waals surface area contributed by atoms with Crippen molar-refractivity contribution in [1.82, 2.24) is 4.90 Å².